The third kappa shape index (κ3) is 3.47. The molecule has 0 saturated carbocycles. The van der Waals surface area contributed by atoms with E-state index in [0.29, 0.717) is 5.56 Å². The molecule has 1 aliphatic heterocycles. The predicted octanol–water partition coefficient (Wildman–Crippen LogP) is 1.67. The number of carboxylic acid groups (broad SMARTS) is 2. The molecule has 0 aliphatic carbocycles. The Bertz CT molecular complexity index is 683. The van der Waals surface area contributed by atoms with Gasteiger partial charge in [0.15, 0.2) is 0 Å². The van der Waals surface area contributed by atoms with Crippen molar-refractivity contribution in [2.24, 2.45) is 0 Å². The van der Waals surface area contributed by atoms with Gasteiger partial charge in [0.25, 0.3) is 5.91 Å². The van der Waals surface area contributed by atoms with E-state index >= 15 is 0 Å². The minimum absolute atomic E-state index is 0.102. The molecule has 0 unspecified atom stereocenters. The van der Waals surface area contributed by atoms with Gasteiger partial charge in [-0.1, -0.05) is 36.1 Å². The Kier molecular flexibility index (Phi) is 4.39. The number of thiocarbonyl (C=S) groups is 1. The lowest BCUT2D eigenvalue weighted by Gasteiger charge is -2.10. The minimum atomic E-state index is -1.15. The quantitative estimate of drug-likeness (QED) is 0.643. The van der Waals surface area contributed by atoms with Gasteiger partial charge in [0.05, 0.1) is 10.5 Å². The highest BCUT2D eigenvalue weighted by Crippen LogP contribution is 2.32. The fraction of sp³-hybridized carbons (Fsp3) is 0.0769. The second-order valence-corrected chi connectivity index (χ2v) is 5.77. The molecule has 1 aromatic rings. The van der Waals surface area contributed by atoms with Crippen LogP contribution in [0.1, 0.15) is 15.9 Å². The maximum Gasteiger partial charge on any atom is 0.335 e. The lowest BCUT2D eigenvalue weighted by atomic mass is 10.1. The molecule has 1 heterocycles. The number of carboxylic acids is 2. The van der Waals surface area contributed by atoms with Gasteiger partial charge in [-0.3, -0.25) is 14.5 Å². The van der Waals surface area contributed by atoms with E-state index in [1.54, 1.807) is 12.1 Å². The molecule has 0 spiro atoms. The van der Waals surface area contributed by atoms with Crippen LogP contribution in [0.2, 0.25) is 0 Å². The Labute approximate surface area is 129 Å². The topological polar surface area (TPSA) is 94.9 Å². The number of rotatable bonds is 4. The number of aromatic carboxylic acids is 1. The first-order chi connectivity index (χ1) is 9.88. The normalized spacial score (nSPS) is 16.6. The summed E-state index contributed by atoms with van der Waals surface area (Å²) in [6.07, 6.45) is 1.49. The minimum Gasteiger partial charge on any atom is -0.480 e. The lowest BCUT2D eigenvalue weighted by Crippen LogP contribution is -2.33. The van der Waals surface area contributed by atoms with Gasteiger partial charge in [-0.15, -0.1) is 0 Å². The van der Waals surface area contributed by atoms with Crippen LogP contribution in [0.4, 0.5) is 0 Å². The van der Waals surface area contributed by atoms with Crippen LogP contribution in [0.25, 0.3) is 6.08 Å². The van der Waals surface area contributed by atoms with E-state index in [4.69, 9.17) is 22.4 Å². The molecule has 6 nitrogen and oxygen atoms in total. The highest BCUT2D eigenvalue weighted by atomic mass is 32.2. The van der Waals surface area contributed by atoms with Gasteiger partial charge in [-0.05, 0) is 23.8 Å². The largest absolute Gasteiger partial charge is 0.480 e. The summed E-state index contributed by atoms with van der Waals surface area (Å²) in [6.45, 7) is -0.489. The van der Waals surface area contributed by atoms with E-state index in [1.807, 2.05) is 0 Å². The van der Waals surface area contributed by atoms with Crippen molar-refractivity contribution in [1.29, 1.82) is 0 Å². The van der Waals surface area contributed by atoms with Crippen LogP contribution in [0.3, 0.4) is 0 Å². The Hall–Kier alpha value is -2.19. The molecule has 0 radical (unpaired) electrons. The molecule has 1 aromatic carbocycles. The van der Waals surface area contributed by atoms with Gasteiger partial charge < -0.3 is 10.2 Å². The fourth-order valence-corrected chi connectivity index (χ4v) is 2.94. The summed E-state index contributed by atoms with van der Waals surface area (Å²) in [4.78, 5) is 34.9. The molecule has 8 heteroatoms. The molecule has 108 valence electrons. The second-order valence-electron chi connectivity index (χ2n) is 4.09. The van der Waals surface area contributed by atoms with Gasteiger partial charge in [0.2, 0.25) is 0 Å². The fourth-order valence-electron chi connectivity index (χ4n) is 1.68. The summed E-state index contributed by atoms with van der Waals surface area (Å²) in [5.41, 5.74) is 0.635. The molecule has 0 bridgehead atoms. The summed E-state index contributed by atoms with van der Waals surface area (Å²) < 4.78 is 0.169. The SMILES string of the molecule is O=C(O)CN1C(=O)/C(=C/c2cccc(C(=O)O)c2)SC1=S. The number of hydrogen-bond acceptors (Lipinski definition) is 5. The van der Waals surface area contributed by atoms with Crippen LogP contribution in [0.15, 0.2) is 29.2 Å². The predicted molar refractivity (Wildman–Crippen MR) is 80.9 cm³/mol. The number of carbonyl (C=O) groups is 3. The van der Waals surface area contributed by atoms with Gasteiger partial charge in [0, 0.05) is 0 Å². The van der Waals surface area contributed by atoms with Gasteiger partial charge in [0.1, 0.15) is 10.9 Å². The monoisotopic (exact) mass is 323 g/mol. The molecule has 0 aromatic heterocycles. The van der Waals surface area contributed by atoms with E-state index < -0.39 is 24.4 Å². The third-order valence-corrected chi connectivity index (χ3v) is 3.98. The summed E-state index contributed by atoms with van der Waals surface area (Å²) in [7, 11) is 0. The first kappa shape index (κ1) is 15.2. The van der Waals surface area contributed by atoms with Crippen LogP contribution in [-0.2, 0) is 9.59 Å². The highest BCUT2D eigenvalue weighted by molar-refractivity contribution is 8.26. The molecule has 2 rings (SSSR count). The Balaban J connectivity index is 2.28. The van der Waals surface area contributed by atoms with Crippen molar-refractivity contribution in [3.05, 3.63) is 40.3 Å². The van der Waals surface area contributed by atoms with Crippen LogP contribution in [0.5, 0.6) is 0 Å². The third-order valence-electron chi connectivity index (χ3n) is 2.60. The van der Waals surface area contributed by atoms with E-state index in [9.17, 15) is 14.4 Å². The molecular formula is C13H9NO5S2. The first-order valence-electron chi connectivity index (χ1n) is 5.69. The molecular weight excluding hydrogens is 314 g/mol. The van der Waals surface area contributed by atoms with Crippen molar-refractivity contribution in [2.45, 2.75) is 0 Å². The molecule has 1 saturated heterocycles. The molecule has 21 heavy (non-hydrogen) atoms. The number of carbonyl (C=O) groups excluding carboxylic acids is 1. The summed E-state index contributed by atoms with van der Waals surface area (Å²) >= 11 is 5.96. The Morgan fingerprint density at radius 1 is 1.33 bits per heavy atom. The van der Waals surface area contributed by atoms with Crippen molar-refractivity contribution < 1.29 is 24.6 Å². The molecule has 1 amide bonds. The molecule has 0 atom stereocenters. The maximum absolute atomic E-state index is 12.0. The highest BCUT2D eigenvalue weighted by Gasteiger charge is 2.33. The summed E-state index contributed by atoms with van der Waals surface area (Å²) in [6, 6.07) is 6.07. The first-order valence-corrected chi connectivity index (χ1v) is 6.91. The smallest absolute Gasteiger partial charge is 0.335 e. The maximum atomic E-state index is 12.0. The van der Waals surface area contributed by atoms with Crippen LogP contribution < -0.4 is 0 Å². The summed E-state index contributed by atoms with van der Waals surface area (Å²) in [5, 5.41) is 17.7. The molecule has 1 fully saturated rings. The van der Waals surface area contributed by atoms with Crippen molar-refractivity contribution in [3.8, 4) is 0 Å². The van der Waals surface area contributed by atoms with E-state index in [2.05, 4.69) is 0 Å². The number of amides is 1. The molecule has 1 aliphatic rings. The van der Waals surface area contributed by atoms with Crippen molar-refractivity contribution in [3.63, 3.8) is 0 Å². The standard InChI is InChI=1S/C13H9NO5S2/c15-10(16)6-14-11(17)9(21-13(14)20)5-7-2-1-3-8(4-7)12(18)19/h1-5H,6H2,(H,15,16)(H,18,19)/b9-5-. The van der Waals surface area contributed by atoms with Gasteiger partial charge in [-0.2, -0.15) is 0 Å². The number of benzene rings is 1. The van der Waals surface area contributed by atoms with Crippen LogP contribution in [0, 0.1) is 0 Å². The van der Waals surface area contributed by atoms with Crippen molar-refractivity contribution in [2.75, 3.05) is 6.54 Å². The van der Waals surface area contributed by atoms with Gasteiger partial charge >= 0.3 is 11.9 Å². The zero-order valence-corrected chi connectivity index (χ0v) is 12.1. The average molecular weight is 323 g/mol. The zero-order chi connectivity index (χ0) is 15.6. The van der Waals surface area contributed by atoms with Gasteiger partial charge in [-0.25, -0.2) is 4.79 Å². The summed E-state index contributed by atoms with van der Waals surface area (Å²) in [5.74, 6) is -2.71. The van der Waals surface area contributed by atoms with Crippen molar-refractivity contribution in [1.82, 2.24) is 4.90 Å². The lowest BCUT2D eigenvalue weighted by molar-refractivity contribution is -0.140. The Morgan fingerprint density at radius 3 is 2.67 bits per heavy atom. The Morgan fingerprint density at radius 2 is 2.05 bits per heavy atom. The average Bonchev–Trinajstić information content (AvgIpc) is 2.66. The van der Waals surface area contributed by atoms with E-state index in [-0.39, 0.29) is 14.8 Å². The molecule has 2 N–H and O–H groups in total. The second kappa shape index (κ2) is 6.06. The number of aliphatic carboxylic acids is 1. The zero-order valence-electron chi connectivity index (χ0n) is 10.5. The van der Waals surface area contributed by atoms with Crippen LogP contribution in [-0.4, -0.2) is 43.8 Å². The van der Waals surface area contributed by atoms with Crippen molar-refractivity contribution >= 4 is 52.2 Å². The number of hydrogen-bond donors (Lipinski definition) is 2. The van der Waals surface area contributed by atoms with E-state index in [1.165, 1.54) is 18.2 Å². The number of nitrogens with zero attached hydrogens (tertiary/aromatic N) is 1. The van der Waals surface area contributed by atoms with Crippen LogP contribution >= 0.6 is 24.0 Å². The number of thioether (sulfide) groups is 1. The van der Waals surface area contributed by atoms with E-state index in [0.717, 1.165) is 16.7 Å².